The van der Waals surface area contributed by atoms with E-state index in [1.807, 2.05) is 0 Å². The zero-order valence-electron chi connectivity index (χ0n) is 19.6. The standard InChI is InChI=1S/C23H26O12/c1-11(24)29-10-18-20(30-12(2)25)21(31-13(3)26)22(32-14(4)27)23(35-18)33-16-7-5-15-6-8-19(28)34-17(15)9-16/h5,7,9,18,20-23H,6,8,10H2,1-4H3/t18-,20+,21+,22-,23?/m1/s1. The molecule has 0 saturated carbocycles. The molecule has 2 heterocycles. The van der Waals surface area contributed by atoms with Gasteiger partial charge < -0.3 is 33.2 Å². The van der Waals surface area contributed by atoms with Crippen LogP contribution < -0.4 is 9.47 Å². The monoisotopic (exact) mass is 494 g/mol. The van der Waals surface area contributed by atoms with Crippen LogP contribution in [0.2, 0.25) is 0 Å². The summed E-state index contributed by atoms with van der Waals surface area (Å²) in [5, 5.41) is 0. The van der Waals surface area contributed by atoms with Gasteiger partial charge in [-0.15, -0.1) is 0 Å². The van der Waals surface area contributed by atoms with E-state index in [0.717, 1.165) is 26.3 Å². The normalized spacial score (nSPS) is 25.4. The quantitative estimate of drug-likeness (QED) is 0.302. The number of aryl methyl sites for hydroxylation is 1. The number of carbonyl (C=O) groups is 5. The second-order valence-electron chi connectivity index (χ2n) is 7.93. The topological polar surface area (TPSA) is 150 Å². The van der Waals surface area contributed by atoms with Gasteiger partial charge in [0.25, 0.3) is 0 Å². The molecule has 0 radical (unpaired) electrons. The van der Waals surface area contributed by atoms with E-state index in [1.165, 1.54) is 13.0 Å². The third-order valence-corrected chi connectivity index (χ3v) is 5.06. The first-order valence-electron chi connectivity index (χ1n) is 10.8. The van der Waals surface area contributed by atoms with E-state index in [2.05, 4.69) is 0 Å². The summed E-state index contributed by atoms with van der Waals surface area (Å²) in [6, 6.07) is 4.79. The van der Waals surface area contributed by atoms with E-state index in [4.69, 9.17) is 33.2 Å². The molecule has 0 bridgehead atoms. The summed E-state index contributed by atoms with van der Waals surface area (Å²) in [6.07, 6.45) is -5.76. The number of hydrogen-bond acceptors (Lipinski definition) is 12. The largest absolute Gasteiger partial charge is 0.463 e. The molecule has 12 nitrogen and oxygen atoms in total. The molecule has 2 aliphatic rings. The SMILES string of the molecule is CC(=O)OC[C@H]1OC(Oc2ccc3c(c2)OC(=O)CC3)[C@H](OC(C)=O)[C@@H](OC(C)=O)[C@H]1OC(C)=O. The fourth-order valence-corrected chi connectivity index (χ4v) is 3.74. The van der Waals surface area contributed by atoms with Crippen molar-refractivity contribution in [3.8, 4) is 11.5 Å². The fourth-order valence-electron chi connectivity index (χ4n) is 3.74. The molecule has 5 atom stereocenters. The lowest BCUT2D eigenvalue weighted by Crippen LogP contribution is -2.63. The Morgan fingerprint density at radius 1 is 0.857 bits per heavy atom. The van der Waals surface area contributed by atoms with Gasteiger partial charge in [0.05, 0.1) is 6.42 Å². The zero-order chi connectivity index (χ0) is 25.7. The summed E-state index contributed by atoms with van der Waals surface area (Å²) in [7, 11) is 0. The van der Waals surface area contributed by atoms with E-state index in [-0.39, 0.29) is 24.7 Å². The Morgan fingerprint density at radius 3 is 2.11 bits per heavy atom. The van der Waals surface area contributed by atoms with Crippen molar-refractivity contribution in [1.82, 2.24) is 0 Å². The van der Waals surface area contributed by atoms with Gasteiger partial charge in [0.15, 0.2) is 12.2 Å². The molecule has 0 spiro atoms. The van der Waals surface area contributed by atoms with Gasteiger partial charge in [0, 0.05) is 33.8 Å². The average Bonchev–Trinajstić information content (AvgIpc) is 2.75. The van der Waals surface area contributed by atoms with Crippen LogP contribution in [-0.2, 0) is 54.1 Å². The van der Waals surface area contributed by atoms with Crippen molar-refractivity contribution in [2.24, 2.45) is 0 Å². The Kier molecular flexibility index (Phi) is 8.28. The van der Waals surface area contributed by atoms with E-state index < -0.39 is 54.6 Å². The van der Waals surface area contributed by atoms with Gasteiger partial charge >= 0.3 is 29.8 Å². The predicted molar refractivity (Wildman–Crippen MR) is 113 cm³/mol. The summed E-state index contributed by atoms with van der Waals surface area (Å²) in [4.78, 5) is 58.6. The van der Waals surface area contributed by atoms with E-state index in [0.29, 0.717) is 12.2 Å². The van der Waals surface area contributed by atoms with Crippen molar-refractivity contribution in [2.45, 2.75) is 71.2 Å². The van der Waals surface area contributed by atoms with Crippen molar-refractivity contribution in [3.05, 3.63) is 23.8 Å². The third-order valence-electron chi connectivity index (χ3n) is 5.06. The Balaban J connectivity index is 1.96. The van der Waals surface area contributed by atoms with Crippen molar-refractivity contribution >= 4 is 29.8 Å². The molecule has 1 fully saturated rings. The Labute approximate surface area is 200 Å². The second kappa shape index (κ2) is 11.2. The van der Waals surface area contributed by atoms with Crippen LogP contribution in [0.3, 0.4) is 0 Å². The molecular formula is C23H26O12. The van der Waals surface area contributed by atoms with Crippen LogP contribution in [0.5, 0.6) is 11.5 Å². The number of fused-ring (bicyclic) bond motifs is 1. The Bertz CT molecular complexity index is 1000. The predicted octanol–water partition coefficient (Wildman–Crippen LogP) is 1.00. The summed E-state index contributed by atoms with van der Waals surface area (Å²) in [5.74, 6) is -2.75. The minimum absolute atomic E-state index is 0.194. The summed E-state index contributed by atoms with van der Waals surface area (Å²) in [6.45, 7) is 4.19. The maximum Gasteiger partial charge on any atom is 0.311 e. The van der Waals surface area contributed by atoms with Crippen molar-refractivity contribution in [1.29, 1.82) is 0 Å². The number of hydrogen-bond donors (Lipinski definition) is 0. The summed E-state index contributed by atoms with van der Waals surface area (Å²) < 4.78 is 38.1. The van der Waals surface area contributed by atoms with Crippen LogP contribution in [-0.4, -0.2) is 67.2 Å². The Morgan fingerprint density at radius 2 is 1.49 bits per heavy atom. The van der Waals surface area contributed by atoms with Crippen LogP contribution in [0.25, 0.3) is 0 Å². The minimum atomic E-state index is -1.38. The lowest BCUT2D eigenvalue weighted by atomic mass is 9.98. The first-order chi connectivity index (χ1) is 16.5. The highest BCUT2D eigenvalue weighted by Crippen LogP contribution is 2.34. The number of ether oxygens (including phenoxy) is 7. The molecule has 0 aliphatic carbocycles. The highest BCUT2D eigenvalue weighted by atomic mass is 16.7. The van der Waals surface area contributed by atoms with Crippen molar-refractivity contribution < 1.29 is 57.1 Å². The van der Waals surface area contributed by atoms with Crippen molar-refractivity contribution in [2.75, 3.05) is 6.61 Å². The molecule has 0 aromatic heterocycles. The first-order valence-corrected chi connectivity index (χ1v) is 10.8. The van der Waals surface area contributed by atoms with Gasteiger partial charge in [-0.2, -0.15) is 0 Å². The molecule has 2 aliphatic heterocycles. The second-order valence-corrected chi connectivity index (χ2v) is 7.93. The van der Waals surface area contributed by atoms with Gasteiger partial charge in [0.1, 0.15) is 24.2 Å². The van der Waals surface area contributed by atoms with Gasteiger partial charge in [-0.1, -0.05) is 6.07 Å². The smallest absolute Gasteiger partial charge is 0.311 e. The Hall–Kier alpha value is -3.67. The van der Waals surface area contributed by atoms with Crippen molar-refractivity contribution in [3.63, 3.8) is 0 Å². The van der Waals surface area contributed by atoms with Crippen LogP contribution >= 0.6 is 0 Å². The lowest BCUT2D eigenvalue weighted by molar-refractivity contribution is -0.288. The molecule has 1 unspecified atom stereocenters. The number of rotatable bonds is 7. The number of carbonyl (C=O) groups excluding carboxylic acids is 5. The maximum atomic E-state index is 11.9. The van der Waals surface area contributed by atoms with Gasteiger partial charge in [0.2, 0.25) is 12.4 Å². The van der Waals surface area contributed by atoms with Gasteiger partial charge in [-0.25, -0.2) is 0 Å². The van der Waals surface area contributed by atoms with E-state index in [1.54, 1.807) is 12.1 Å². The number of benzene rings is 1. The molecule has 12 heteroatoms. The first kappa shape index (κ1) is 25.9. The zero-order valence-corrected chi connectivity index (χ0v) is 19.6. The highest BCUT2D eigenvalue weighted by molar-refractivity contribution is 5.75. The minimum Gasteiger partial charge on any atom is -0.463 e. The maximum absolute atomic E-state index is 11.9. The van der Waals surface area contributed by atoms with Crippen LogP contribution in [0.4, 0.5) is 0 Å². The molecule has 0 N–H and O–H groups in total. The summed E-state index contributed by atoms with van der Waals surface area (Å²) >= 11 is 0. The third kappa shape index (κ3) is 6.92. The van der Waals surface area contributed by atoms with E-state index in [9.17, 15) is 24.0 Å². The molecule has 1 aromatic rings. The molecule has 3 rings (SSSR count). The molecule has 190 valence electrons. The molecular weight excluding hydrogens is 468 g/mol. The highest BCUT2D eigenvalue weighted by Gasteiger charge is 2.53. The average molecular weight is 494 g/mol. The summed E-state index contributed by atoms with van der Waals surface area (Å²) in [5.41, 5.74) is 0.804. The van der Waals surface area contributed by atoms with Crippen LogP contribution in [0.1, 0.15) is 39.7 Å². The van der Waals surface area contributed by atoms with Crippen LogP contribution in [0, 0.1) is 0 Å². The van der Waals surface area contributed by atoms with Crippen LogP contribution in [0.15, 0.2) is 18.2 Å². The lowest BCUT2D eigenvalue weighted by Gasteiger charge is -2.43. The molecule has 0 amide bonds. The fraction of sp³-hybridized carbons (Fsp3) is 0.522. The molecule has 1 saturated heterocycles. The molecule has 35 heavy (non-hydrogen) atoms. The van der Waals surface area contributed by atoms with Gasteiger partial charge in [-0.05, 0) is 18.1 Å². The van der Waals surface area contributed by atoms with Gasteiger partial charge in [-0.3, -0.25) is 24.0 Å². The van der Waals surface area contributed by atoms with E-state index >= 15 is 0 Å². The number of esters is 5. The molecule has 1 aromatic carbocycles.